The van der Waals surface area contributed by atoms with Gasteiger partial charge >= 0.3 is 0 Å². The molecular weight excluding hydrogens is 242 g/mol. The van der Waals surface area contributed by atoms with E-state index in [-0.39, 0.29) is 12.0 Å². The number of carbonyl (C=O) groups is 1. The smallest absolute Gasteiger partial charge is 0.217 e. The van der Waals surface area contributed by atoms with Gasteiger partial charge in [-0.25, -0.2) is 0 Å². The van der Waals surface area contributed by atoms with E-state index in [9.17, 15) is 15.0 Å². The van der Waals surface area contributed by atoms with Gasteiger partial charge in [0.1, 0.15) is 24.4 Å². The Kier molecular flexibility index (Phi) is 5.48. The molecule has 1 aliphatic heterocycles. The molecular formula is C11H21NO6. The predicted octanol–water partition coefficient (Wildman–Crippen LogP) is -1.64. The van der Waals surface area contributed by atoms with Crippen LogP contribution >= 0.6 is 0 Å². The van der Waals surface area contributed by atoms with Crippen LogP contribution in [0.1, 0.15) is 20.8 Å². The van der Waals surface area contributed by atoms with Crippen LogP contribution in [0.3, 0.4) is 0 Å². The van der Waals surface area contributed by atoms with Gasteiger partial charge in [-0.3, -0.25) is 4.79 Å². The fraction of sp³-hybridized carbons (Fsp3) is 0.909. The van der Waals surface area contributed by atoms with Gasteiger partial charge in [0.25, 0.3) is 0 Å². The summed E-state index contributed by atoms with van der Waals surface area (Å²) in [7, 11) is 0. The van der Waals surface area contributed by atoms with E-state index in [1.54, 1.807) is 13.8 Å². The number of hydrogen-bond donors (Lipinski definition) is 4. The van der Waals surface area contributed by atoms with Crippen molar-refractivity contribution in [1.29, 1.82) is 0 Å². The minimum absolute atomic E-state index is 0.187. The third kappa shape index (κ3) is 3.63. The topological polar surface area (TPSA) is 108 Å². The Morgan fingerprint density at radius 2 is 2.00 bits per heavy atom. The molecule has 1 fully saturated rings. The standard InChI is InChI=1S/C11H21NO6/c1-5(2)17-11-8(12-6(3)14)10(16)9(15)7(4-13)18-11/h5,7-11,13,15-16H,4H2,1-3H3,(H,12,14)/t7-,8+,9+,10-,11-/m1/s1. The fourth-order valence-corrected chi connectivity index (χ4v) is 1.85. The summed E-state index contributed by atoms with van der Waals surface area (Å²) in [4.78, 5) is 11.1. The van der Waals surface area contributed by atoms with E-state index in [1.807, 2.05) is 0 Å². The molecule has 0 aromatic heterocycles. The molecule has 0 aromatic rings. The van der Waals surface area contributed by atoms with Crippen molar-refractivity contribution in [3.63, 3.8) is 0 Å². The van der Waals surface area contributed by atoms with Crippen LogP contribution in [0.15, 0.2) is 0 Å². The van der Waals surface area contributed by atoms with Crippen molar-refractivity contribution in [3.8, 4) is 0 Å². The summed E-state index contributed by atoms with van der Waals surface area (Å²) < 4.78 is 10.8. The van der Waals surface area contributed by atoms with E-state index in [1.165, 1.54) is 6.92 Å². The maximum absolute atomic E-state index is 11.1. The zero-order valence-electron chi connectivity index (χ0n) is 10.7. The maximum Gasteiger partial charge on any atom is 0.217 e. The van der Waals surface area contributed by atoms with Crippen LogP contribution in [0.4, 0.5) is 0 Å². The molecule has 5 atom stereocenters. The van der Waals surface area contributed by atoms with Crippen molar-refractivity contribution >= 4 is 5.91 Å². The Labute approximate surface area is 106 Å². The first-order valence-electron chi connectivity index (χ1n) is 5.91. The van der Waals surface area contributed by atoms with Crippen LogP contribution in [-0.2, 0) is 14.3 Å². The maximum atomic E-state index is 11.1. The number of carbonyl (C=O) groups excluding carboxylic acids is 1. The lowest BCUT2D eigenvalue weighted by molar-refractivity contribution is -0.278. The number of aliphatic hydroxyl groups excluding tert-OH is 3. The lowest BCUT2D eigenvalue weighted by Gasteiger charge is -2.42. The summed E-state index contributed by atoms with van der Waals surface area (Å²) in [6, 6.07) is -0.873. The number of aliphatic hydroxyl groups is 3. The number of ether oxygens (including phenoxy) is 2. The summed E-state index contributed by atoms with van der Waals surface area (Å²) in [5.74, 6) is -0.366. The molecule has 4 N–H and O–H groups in total. The van der Waals surface area contributed by atoms with Crippen molar-refractivity contribution in [2.45, 2.75) is 57.5 Å². The normalized spacial score (nSPS) is 36.7. The second-order valence-electron chi connectivity index (χ2n) is 4.62. The molecule has 1 saturated heterocycles. The van der Waals surface area contributed by atoms with E-state index < -0.39 is 37.3 Å². The molecule has 7 nitrogen and oxygen atoms in total. The van der Waals surface area contributed by atoms with Gasteiger partial charge in [-0.2, -0.15) is 0 Å². The van der Waals surface area contributed by atoms with E-state index in [4.69, 9.17) is 14.6 Å². The second-order valence-corrected chi connectivity index (χ2v) is 4.62. The molecule has 1 heterocycles. The first-order valence-corrected chi connectivity index (χ1v) is 5.91. The number of nitrogens with one attached hydrogen (secondary N) is 1. The third-order valence-electron chi connectivity index (χ3n) is 2.66. The Morgan fingerprint density at radius 1 is 1.39 bits per heavy atom. The average molecular weight is 263 g/mol. The zero-order chi connectivity index (χ0) is 13.9. The van der Waals surface area contributed by atoms with Gasteiger partial charge in [0.05, 0.1) is 12.7 Å². The molecule has 0 unspecified atom stereocenters. The summed E-state index contributed by atoms with van der Waals surface area (Å²) in [5.41, 5.74) is 0. The molecule has 106 valence electrons. The fourth-order valence-electron chi connectivity index (χ4n) is 1.85. The highest BCUT2D eigenvalue weighted by Crippen LogP contribution is 2.22. The molecule has 18 heavy (non-hydrogen) atoms. The van der Waals surface area contributed by atoms with Gasteiger partial charge < -0.3 is 30.1 Å². The monoisotopic (exact) mass is 263 g/mol. The Hall–Kier alpha value is -0.730. The Morgan fingerprint density at radius 3 is 2.44 bits per heavy atom. The molecule has 0 radical (unpaired) electrons. The number of rotatable bonds is 4. The summed E-state index contributed by atoms with van der Waals surface area (Å²) in [5, 5.41) is 31.2. The molecule has 1 rings (SSSR count). The molecule has 1 amide bonds. The van der Waals surface area contributed by atoms with Crippen LogP contribution in [0.5, 0.6) is 0 Å². The summed E-state index contributed by atoms with van der Waals surface area (Å²) >= 11 is 0. The summed E-state index contributed by atoms with van der Waals surface area (Å²) in [6.07, 6.45) is -4.58. The lowest BCUT2D eigenvalue weighted by atomic mass is 9.97. The van der Waals surface area contributed by atoms with E-state index in [0.29, 0.717) is 0 Å². The zero-order valence-corrected chi connectivity index (χ0v) is 10.7. The predicted molar refractivity (Wildman–Crippen MR) is 61.6 cm³/mol. The first-order chi connectivity index (χ1) is 8.36. The first kappa shape index (κ1) is 15.3. The molecule has 0 aromatic carbocycles. The van der Waals surface area contributed by atoms with Gasteiger partial charge in [0.15, 0.2) is 6.29 Å². The highest BCUT2D eigenvalue weighted by atomic mass is 16.7. The molecule has 0 saturated carbocycles. The van der Waals surface area contributed by atoms with Gasteiger partial charge in [-0.15, -0.1) is 0 Å². The largest absolute Gasteiger partial charge is 0.394 e. The number of hydrogen-bond acceptors (Lipinski definition) is 6. The van der Waals surface area contributed by atoms with Gasteiger partial charge in [-0.1, -0.05) is 0 Å². The van der Waals surface area contributed by atoms with Crippen molar-refractivity contribution < 1.29 is 29.6 Å². The van der Waals surface area contributed by atoms with Crippen molar-refractivity contribution in [2.75, 3.05) is 6.61 Å². The third-order valence-corrected chi connectivity index (χ3v) is 2.66. The second kappa shape index (κ2) is 6.44. The lowest BCUT2D eigenvalue weighted by Crippen LogP contribution is -2.64. The SMILES string of the molecule is CC(=O)N[C@@H]1[C@H](OC(C)C)O[C@H](CO)[C@H](O)[C@@H]1O. The quantitative estimate of drug-likeness (QED) is 0.484. The van der Waals surface area contributed by atoms with Gasteiger partial charge in [-0.05, 0) is 13.8 Å². The van der Waals surface area contributed by atoms with Gasteiger partial charge in [0, 0.05) is 6.92 Å². The van der Waals surface area contributed by atoms with Crippen LogP contribution < -0.4 is 5.32 Å². The molecule has 7 heteroatoms. The minimum atomic E-state index is -1.28. The molecule has 1 aliphatic rings. The Balaban J connectivity index is 2.83. The molecule has 0 spiro atoms. The van der Waals surface area contributed by atoms with Crippen molar-refractivity contribution in [2.24, 2.45) is 0 Å². The highest BCUT2D eigenvalue weighted by molar-refractivity contribution is 5.73. The van der Waals surface area contributed by atoms with Crippen LogP contribution in [-0.4, -0.2) is 64.6 Å². The highest BCUT2D eigenvalue weighted by Gasteiger charge is 2.45. The summed E-state index contributed by atoms with van der Waals surface area (Å²) in [6.45, 7) is 4.41. The van der Waals surface area contributed by atoms with Crippen LogP contribution in [0.2, 0.25) is 0 Å². The van der Waals surface area contributed by atoms with Crippen LogP contribution in [0.25, 0.3) is 0 Å². The van der Waals surface area contributed by atoms with Gasteiger partial charge in [0.2, 0.25) is 5.91 Å². The van der Waals surface area contributed by atoms with E-state index in [2.05, 4.69) is 5.32 Å². The minimum Gasteiger partial charge on any atom is -0.394 e. The van der Waals surface area contributed by atoms with Crippen molar-refractivity contribution in [3.05, 3.63) is 0 Å². The van der Waals surface area contributed by atoms with E-state index >= 15 is 0 Å². The van der Waals surface area contributed by atoms with Crippen LogP contribution in [0, 0.1) is 0 Å². The molecule has 0 aliphatic carbocycles. The van der Waals surface area contributed by atoms with Crippen molar-refractivity contribution in [1.82, 2.24) is 5.32 Å². The van der Waals surface area contributed by atoms with E-state index in [0.717, 1.165) is 0 Å². The molecule has 0 bridgehead atoms. The number of amides is 1. The average Bonchev–Trinajstić information content (AvgIpc) is 2.27. The Bertz CT molecular complexity index is 285.